The first-order valence-corrected chi connectivity index (χ1v) is 6.89. The molecule has 0 bridgehead atoms. The van der Waals surface area contributed by atoms with E-state index >= 15 is 0 Å². The van der Waals surface area contributed by atoms with Crippen molar-refractivity contribution in [3.05, 3.63) is 0 Å². The predicted octanol–water partition coefficient (Wildman–Crippen LogP) is 1.06. The number of ether oxygens (including phenoxy) is 1. The molecule has 2 saturated heterocycles. The molecule has 2 heterocycles. The molecule has 2 fully saturated rings. The van der Waals surface area contributed by atoms with E-state index in [-0.39, 0.29) is 18.7 Å². The van der Waals surface area contributed by atoms with Crippen LogP contribution < -0.4 is 5.32 Å². The molecule has 0 saturated carbocycles. The minimum atomic E-state index is -0.835. The van der Waals surface area contributed by atoms with Crippen molar-refractivity contribution >= 4 is 12.0 Å². The number of hydrogen-bond donors (Lipinski definition) is 2. The topological polar surface area (TPSA) is 78.9 Å². The molecule has 0 aromatic rings. The lowest BCUT2D eigenvalue weighted by molar-refractivity contribution is -0.147. The van der Waals surface area contributed by atoms with Gasteiger partial charge in [0.05, 0.1) is 11.5 Å². The van der Waals surface area contributed by atoms with Crippen molar-refractivity contribution in [2.24, 2.45) is 5.41 Å². The van der Waals surface area contributed by atoms with Gasteiger partial charge in [0.1, 0.15) is 0 Å². The Hall–Kier alpha value is -1.30. The van der Waals surface area contributed by atoms with Crippen LogP contribution in [0.1, 0.15) is 32.6 Å². The smallest absolute Gasteiger partial charge is 0.317 e. The number of urea groups is 1. The van der Waals surface area contributed by atoms with E-state index in [0.29, 0.717) is 19.5 Å². The molecule has 0 spiro atoms. The van der Waals surface area contributed by atoms with E-state index in [1.165, 1.54) is 0 Å². The summed E-state index contributed by atoms with van der Waals surface area (Å²) in [6, 6.07) is -0.181. The number of hydrogen-bond acceptors (Lipinski definition) is 3. The van der Waals surface area contributed by atoms with Crippen molar-refractivity contribution < 1.29 is 19.4 Å². The van der Waals surface area contributed by atoms with Gasteiger partial charge in [-0.1, -0.05) is 0 Å². The molecule has 2 amide bonds. The molecule has 2 atom stereocenters. The minimum absolute atomic E-state index is 0.103. The zero-order chi connectivity index (χ0) is 13.9. The number of rotatable bonds is 3. The molecular formula is C13H22N2O4. The van der Waals surface area contributed by atoms with Gasteiger partial charge in [-0.3, -0.25) is 4.79 Å². The number of nitrogens with zero attached hydrogens (tertiary/aromatic N) is 1. The van der Waals surface area contributed by atoms with Gasteiger partial charge in [-0.25, -0.2) is 4.79 Å². The van der Waals surface area contributed by atoms with Gasteiger partial charge in [-0.15, -0.1) is 0 Å². The second-order valence-corrected chi connectivity index (χ2v) is 5.71. The maximum Gasteiger partial charge on any atom is 0.317 e. The molecule has 0 radical (unpaired) electrons. The first kappa shape index (κ1) is 14.1. The van der Waals surface area contributed by atoms with E-state index in [4.69, 9.17) is 9.84 Å². The van der Waals surface area contributed by atoms with Crippen LogP contribution >= 0.6 is 0 Å². The lowest BCUT2D eigenvalue weighted by atomic mass is 9.90. The van der Waals surface area contributed by atoms with E-state index in [2.05, 4.69) is 5.32 Å². The van der Waals surface area contributed by atoms with Crippen molar-refractivity contribution in [3.63, 3.8) is 0 Å². The molecule has 6 heteroatoms. The van der Waals surface area contributed by atoms with Crippen molar-refractivity contribution in [2.75, 3.05) is 26.2 Å². The Balaban J connectivity index is 1.76. The Morgan fingerprint density at radius 3 is 2.84 bits per heavy atom. The Morgan fingerprint density at radius 2 is 2.26 bits per heavy atom. The Kier molecular flexibility index (Phi) is 4.29. The van der Waals surface area contributed by atoms with Crippen LogP contribution in [0.15, 0.2) is 0 Å². The molecule has 0 aliphatic carbocycles. The van der Waals surface area contributed by atoms with Crippen LogP contribution in [0.2, 0.25) is 0 Å². The van der Waals surface area contributed by atoms with Gasteiger partial charge in [0, 0.05) is 26.2 Å². The maximum atomic E-state index is 12.0. The fourth-order valence-corrected chi connectivity index (χ4v) is 2.59. The highest BCUT2D eigenvalue weighted by atomic mass is 16.5. The maximum absolute atomic E-state index is 12.0. The number of carbonyl (C=O) groups excluding carboxylic acids is 1. The summed E-state index contributed by atoms with van der Waals surface area (Å²) in [5.74, 6) is -0.835. The molecule has 0 aromatic carbocycles. The lowest BCUT2D eigenvalue weighted by Gasteiger charge is -2.25. The van der Waals surface area contributed by atoms with Crippen LogP contribution in [0.4, 0.5) is 4.79 Å². The van der Waals surface area contributed by atoms with Crippen LogP contribution in [0, 0.1) is 5.41 Å². The Bertz CT molecular complexity index is 355. The molecule has 2 aliphatic rings. The van der Waals surface area contributed by atoms with Gasteiger partial charge in [0.2, 0.25) is 0 Å². The summed E-state index contributed by atoms with van der Waals surface area (Å²) in [6.07, 6.45) is 3.82. The quantitative estimate of drug-likeness (QED) is 0.803. The SMILES string of the molecule is CC1(C(=O)O)CCN(C(=O)NCC2CCCCO2)C1. The van der Waals surface area contributed by atoms with Crippen molar-refractivity contribution in [1.29, 1.82) is 0 Å². The number of likely N-dealkylation sites (tertiary alicyclic amines) is 1. The molecule has 2 rings (SSSR count). The molecule has 0 aromatic heterocycles. The number of amides is 2. The summed E-state index contributed by atoms with van der Waals surface area (Å²) in [5, 5.41) is 12.0. The summed E-state index contributed by atoms with van der Waals surface area (Å²) in [7, 11) is 0. The molecule has 2 aliphatic heterocycles. The van der Waals surface area contributed by atoms with Gasteiger partial charge in [0.25, 0.3) is 0 Å². The zero-order valence-corrected chi connectivity index (χ0v) is 11.4. The average molecular weight is 270 g/mol. The minimum Gasteiger partial charge on any atom is -0.481 e. The Labute approximate surface area is 113 Å². The summed E-state index contributed by atoms with van der Waals surface area (Å²) in [4.78, 5) is 24.7. The van der Waals surface area contributed by atoms with Gasteiger partial charge in [0.15, 0.2) is 0 Å². The number of nitrogens with one attached hydrogen (secondary N) is 1. The normalized spacial score (nSPS) is 31.2. The highest BCUT2D eigenvalue weighted by Gasteiger charge is 2.42. The number of aliphatic carboxylic acids is 1. The Morgan fingerprint density at radius 1 is 1.47 bits per heavy atom. The second kappa shape index (κ2) is 5.77. The van der Waals surface area contributed by atoms with Gasteiger partial charge >= 0.3 is 12.0 Å². The second-order valence-electron chi connectivity index (χ2n) is 5.71. The lowest BCUT2D eigenvalue weighted by Crippen LogP contribution is -2.44. The van der Waals surface area contributed by atoms with E-state index in [1.54, 1.807) is 11.8 Å². The molecule has 2 N–H and O–H groups in total. The molecule has 19 heavy (non-hydrogen) atoms. The third-order valence-corrected chi connectivity index (χ3v) is 4.03. The van der Waals surface area contributed by atoms with Crippen LogP contribution in [0.25, 0.3) is 0 Å². The third kappa shape index (κ3) is 3.37. The highest BCUT2D eigenvalue weighted by molar-refractivity contribution is 5.79. The standard InChI is InChI=1S/C13H22N2O4/c1-13(11(16)17)5-6-15(9-13)12(18)14-8-10-4-2-3-7-19-10/h10H,2-9H2,1H3,(H,14,18)(H,16,17). The highest BCUT2D eigenvalue weighted by Crippen LogP contribution is 2.29. The molecular weight excluding hydrogens is 248 g/mol. The predicted molar refractivity (Wildman–Crippen MR) is 68.9 cm³/mol. The number of carbonyl (C=O) groups is 2. The van der Waals surface area contributed by atoms with Crippen LogP contribution in [0.3, 0.4) is 0 Å². The first-order chi connectivity index (χ1) is 9.01. The molecule has 108 valence electrons. The van der Waals surface area contributed by atoms with Crippen molar-refractivity contribution in [3.8, 4) is 0 Å². The van der Waals surface area contributed by atoms with Gasteiger partial charge < -0.3 is 20.1 Å². The monoisotopic (exact) mass is 270 g/mol. The summed E-state index contributed by atoms with van der Waals surface area (Å²) < 4.78 is 5.54. The van der Waals surface area contributed by atoms with Crippen LogP contribution in [0.5, 0.6) is 0 Å². The van der Waals surface area contributed by atoms with Crippen LogP contribution in [-0.4, -0.2) is 54.4 Å². The number of carboxylic acid groups (broad SMARTS) is 1. The molecule has 2 unspecified atom stereocenters. The summed E-state index contributed by atoms with van der Waals surface area (Å²) >= 11 is 0. The summed E-state index contributed by atoms with van der Waals surface area (Å²) in [5.41, 5.74) is -0.807. The van der Waals surface area contributed by atoms with E-state index in [0.717, 1.165) is 25.9 Å². The zero-order valence-electron chi connectivity index (χ0n) is 11.4. The fraction of sp³-hybridized carbons (Fsp3) is 0.846. The van der Waals surface area contributed by atoms with Crippen LogP contribution in [-0.2, 0) is 9.53 Å². The van der Waals surface area contributed by atoms with E-state index in [9.17, 15) is 9.59 Å². The average Bonchev–Trinajstić information content (AvgIpc) is 2.81. The van der Waals surface area contributed by atoms with Crippen molar-refractivity contribution in [1.82, 2.24) is 10.2 Å². The molecule has 6 nitrogen and oxygen atoms in total. The summed E-state index contributed by atoms with van der Waals surface area (Å²) in [6.45, 7) is 3.74. The van der Waals surface area contributed by atoms with E-state index < -0.39 is 11.4 Å². The van der Waals surface area contributed by atoms with Gasteiger partial charge in [-0.2, -0.15) is 0 Å². The first-order valence-electron chi connectivity index (χ1n) is 6.89. The third-order valence-electron chi connectivity index (χ3n) is 4.03. The largest absolute Gasteiger partial charge is 0.481 e. The van der Waals surface area contributed by atoms with Gasteiger partial charge in [-0.05, 0) is 32.6 Å². The number of carboxylic acids is 1. The fourth-order valence-electron chi connectivity index (χ4n) is 2.59. The van der Waals surface area contributed by atoms with E-state index in [1.807, 2.05) is 0 Å². The van der Waals surface area contributed by atoms with Crippen molar-refractivity contribution in [2.45, 2.75) is 38.7 Å².